The minimum absolute atomic E-state index is 0.177. The molecule has 3 aromatic rings. The lowest BCUT2D eigenvalue weighted by molar-refractivity contribution is 0.0216. The van der Waals surface area contributed by atoms with Crippen molar-refractivity contribution in [3.63, 3.8) is 0 Å². The Hall–Kier alpha value is -2.41. The molecule has 0 radical (unpaired) electrons. The average Bonchev–Trinajstić information content (AvgIpc) is 3.50. The van der Waals surface area contributed by atoms with Crippen molar-refractivity contribution in [2.75, 3.05) is 22.6 Å². The predicted molar refractivity (Wildman–Crippen MR) is 139 cm³/mol. The van der Waals surface area contributed by atoms with Gasteiger partial charge in [-0.1, -0.05) is 0 Å². The first-order valence-electron chi connectivity index (χ1n) is 12.4. The van der Waals surface area contributed by atoms with Crippen LogP contribution in [0, 0.1) is 5.92 Å². The van der Waals surface area contributed by atoms with E-state index in [1.807, 2.05) is 12.3 Å². The highest BCUT2D eigenvalue weighted by atomic mass is 32.2. The lowest BCUT2D eigenvalue weighted by Crippen LogP contribution is -2.36. The first kappa shape index (κ1) is 24.0. The van der Waals surface area contributed by atoms with Crippen molar-refractivity contribution in [3.8, 4) is 10.6 Å². The summed E-state index contributed by atoms with van der Waals surface area (Å²) in [7, 11) is -3.30. The smallest absolute Gasteiger partial charge is 0.224 e. The molecule has 3 aliphatic rings. The van der Waals surface area contributed by atoms with Gasteiger partial charge >= 0.3 is 0 Å². The van der Waals surface area contributed by atoms with E-state index in [0.29, 0.717) is 35.7 Å². The van der Waals surface area contributed by atoms with Gasteiger partial charge in [0.05, 0.1) is 33.9 Å². The molecule has 4 N–H and O–H groups in total. The molecule has 6 rings (SSSR count). The molecule has 3 saturated carbocycles. The molecule has 0 saturated heterocycles. The summed E-state index contributed by atoms with van der Waals surface area (Å²) >= 11 is 1.54. The minimum Gasteiger partial charge on any atom is -0.390 e. The zero-order valence-electron chi connectivity index (χ0n) is 20.0. The second-order valence-corrected chi connectivity index (χ2v) is 13.6. The number of rotatable bonds is 8. The predicted octanol–water partition coefficient (Wildman–Crippen LogP) is 2.56. The minimum atomic E-state index is -3.30. The Kier molecular flexibility index (Phi) is 6.09. The Morgan fingerprint density at radius 2 is 1.89 bits per heavy atom. The van der Waals surface area contributed by atoms with Crippen molar-refractivity contribution in [2.45, 2.75) is 68.7 Å². The molecule has 0 amide bonds. The van der Waals surface area contributed by atoms with Crippen molar-refractivity contribution >= 4 is 43.2 Å². The summed E-state index contributed by atoms with van der Waals surface area (Å²) in [5, 5.41) is 28.7. The maximum absolute atomic E-state index is 11.8. The normalized spacial score (nSPS) is 26.8. The molecule has 36 heavy (non-hydrogen) atoms. The second kappa shape index (κ2) is 9.16. The molecule has 192 valence electrons. The fraction of sp³-hybridized carbons (Fsp3) is 0.583. The highest BCUT2D eigenvalue weighted by Crippen LogP contribution is 2.44. The quantitative estimate of drug-likeness (QED) is 0.342. The van der Waals surface area contributed by atoms with Gasteiger partial charge in [0, 0.05) is 36.5 Å². The average molecular weight is 531 g/mol. The third-order valence-corrected chi connectivity index (χ3v) is 9.49. The summed E-state index contributed by atoms with van der Waals surface area (Å²) in [4.78, 5) is 18.8. The summed E-state index contributed by atoms with van der Waals surface area (Å²) < 4.78 is 24.7. The van der Waals surface area contributed by atoms with Crippen LogP contribution < -0.4 is 10.6 Å². The lowest BCUT2D eigenvalue weighted by Gasteiger charge is -2.27. The first-order chi connectivity index (χ1) is 17.2. The molecule has 0 aromatic carbocycles. The molecule has 12 heteroatoms. The Bertz CT molecular complexity index is 1390. The van der Waals surface area contributed by atoms with E-state index in [1.165, 1.54) is 6.42 Å². The van der Waals surface area contributed by atoms with Crippen molar-refractivity contribution < 1.29 is 18.6 Å². The highest BCUT2D eigenvalue weighted by molar-refractivity contribution is 7.90. The third-order valence-electron chi connectivity index (χ3n) is 7.40. The number of aliphatic hydroxyl groups is 2. The molecule has 0 spiro atoms. The van der Waals surface area contributed by atoms with E-state index in [0.717, 1.165) is 52.9 Å². The maximum Gasteiger partial charge on any atom is 0.224 e. The monoisotopic (exact) mass is 530 g/mol. The molecule has 0 bridgehead atoms. The number of nitrogens with zero attached hydrogens (tertiary/aromatic N) is 4. The number of thiazole rings is 1. The molecule has 4 atom stereocenters. The van der Waals surface area contributed by atoms with Crippen LogP contribution in [0.25, 0.3) is 20.8 Å². The number of pyridine rings is 1. The van der Waals surface area contributed by atoms with Crippen LogP contribution in [0.1, 0.15) is 50.1 Å². The topological polar surface area (TPSA) is 150 Å². The number of aliphatic hydroxyl groups excluding tert-OH is 2. The molecule has 3 aromatic heterocycles. The summed E-state index contributed by atoms with van der Waals surface area (Å²) in [6.45, 7) is 0. The number of sulfone groups is 1. The largest absolute Gasteiger partial charge is 0.390 e. The van der Waals surface area contributed by atoms with Crippen molar-refractivity contribution in [2.24, 2.45) is 5.92 Å². The summed E-state index contributed by atoms with van der Waals surface area (Å²) in [6.07, 6.45) is 8.35. The molecule has 3 aliphatic carbocycles. The standard InChI is InChI=1S/C24H30N6O4S2/c1-36(33,34)11-13-9-16(21(32)20(13)31)28-22-15(10-26-24(30-22)27-14-3-2-4-14)23-29-19-17(35-23)7-8-25-18(19)12-5-6-12/h7-8,10,12-14,16,20-21,31-32H,2-6,9,11H2,1H3,(H2,26,27,28,30)/t13-,16-,20-,21+/m1/s1. The Morgan fingerprint density at radius 3 is 2.58 bits per heavy atom. The molecule has 0 unspecified atom stereocenters. The number of hydrogen-bond donors (Lipinski definition) is 4. The molecule has 0 aliphatic heterocycles. The van der Waals surface area contributed by atoms with E-state index in [-0.39, 0.29) is 5.75 Å². The molecule has 3 fully saturated rings. The van der Waals surface area contributed by atoms with Crippen LogP contribution in [0.3, 0.4) is 0 Å². The zero-order chi connectivity index (χ0) is 25.0. The fourth-order valence-electron chi connectivity index (χ4n) is 5.10. The van der Waals surface area contributed by atoms with Crippen LogP contribution in [0.2, 0.25) is 0 Å². The number of aromatic nitrogens is 4. The zero-order valence-corrected chi connectivity index (χ0v) is 21.6. The Morgan fingerprint density at radius 1 is 1.08 bits per heavy atom. The van der Waals surface area contributed by atoms with Gasteiger partial charge in [-0.2, -0.15) is 4.98 Å². The van der Waals surface area contributed by atoms with Crippen LogP contribution in [0.5, 0.6) is 0 Å². The van der Waals surface area contributed by atoms with Crippen LogP contribution in [-0.2, 0) is 9.84 Å². The van der Waals surface area contributed by atoms with E-state index >= 15 is 0 Å². The van der Waals surface area contributed by atoms with Crippen LogP contribution >= 0.6 is 11.3 Å². The van der Waals surface area contributed by atoms with Gasteiger partial charge in [-0.05, 0) is 44.6 Å². The van der Waals surface area contributed by atoms with Gasteiger partial charge in [-0.15, -0.1) is 11.3 Å². The van der Waals surface area contributed by atoms with Gasteiger partial charge in [0.15, 0.2) is 0 Å². The van der Waals surface area contributed by atoms with Crippen molar-refractivity contribution in [1.29, 1.82) is 0 Å². The maximum atomic E-state index is 11.8. The second-order valence-electron chi connectivity index (χ2n) is 10.4. The first-order valence-corrected chi connectivity index (χ1v) is 15.3. The molecule has 3 heterocycles. The van der Waals surface area contributed by atoms with Gasteiger partial charge in [0.1, 0.15) is 32.3 Å². The molecular formula is C24H30N6O4S2. The van der Waals surface area contributed by atoms with Crippen LogP contribution in [0.15, 0.2) is 18.5 Å². The Balaban J connectivity index is 1.34. The lowest BCUT2D eigenvalue weighted by atomic mass is 9.93. The van der Waals surface area contributed by atoms with E-state index in [1.54, 1.807) is 17.5 Å². The summed E-state index contributed by atoms with van der Waals surface area (Å²) in [6, 6.07) is 1.75. The van der Waals surface area contributed by atoms with E-state index < -0.39 is 34.0 Å². The van der Waals surface area contributed by atoms with Crippen molar-refractivity contribution in [1.82, 2.24) is 19.9 Å². The number of anilines is 2. The highest BCUT2D eigenvalue weighted by Gasteiger charge is 2.43. The fourth-order valence-corrected chi connectivity index (χ4v) is 7.19. The molecular weight excluding hydrogens is 500 g/mol. The summed E-state index contributed by atoms with van der Waals surface area (Å²) in [5.41, 5.74) is 2.64. The van der Waals surface area contributed by atoms with Crippen molar-refractivity contribution in [3.05, 3.63) is 24.2 Å². The van der Waals surface area contributed by atoms with E-state index in [4.69, 9.17) is 9.97 Å². The van der Waals surface area contributed by atoms with Crippen LogP contribution in [0.4, 0.5) is 11.8 Å². The molecule has 10 nitrogen and oxygen atoms in total. The van der Waals surface area contributed by atoms with E-state index in [2.05, 4.69) is 20.6 Å². The third kappa shape index (κ3) is 4.79. The Labute approximate surface area is 213 Å². The van der Waals surface area contributed by atoms with E-state index in [9.17, 15) is 18.6 Å². The number of fused-ring (bicyclic) bond motifs is 1. The van der Waals surface area contributed by atoms with Gasteiger partial charge < -0.3 is 20.8 Å². The van der Waals surface area contributed by atoms with Gasteiger partial charge in [-0.3, -0.25) is 4.98 Å². The number of nitrogens with one attached hydrogen (secondary N) is 2. The SMILES string of the molecule is CS(=O)(=O)C[C@H]1C[C@@H](Nc2nc(NC3CCC3)ncc2-c2nc3c(C4CC4)nccc3s2)[C@H](O)[C@@H]1O. The van der Waals surface area contributed by atoms with Crippen LogP contribution in [-0.4, -0.2) is 74.9 Å². The summed E-state index contributed by atoms with van der Waals surface area (Å²) in [5.74, 6) is 0.730. The van der Waals surface area contributed by atoms with Gasteiger partial charge in [-0.25, -0.2) is 18.4 Å². The number of hydrogen-bond acceptors (Lipinski definition) is 11. The van der Waals surface area contributed by atoms with Gasteiger partial charge in [0.25, 0.3) is 0 Å². The van der Waals surface area contributed by atoms with Gasteiger partial charge in [0.2, 0.25) is 5.95 Å².